The van der Waals surface area contributed by atoms with Crippen molar-refractivity contribution in [3.05, 3.63) is 77.4 Å². The molecule has 0 spiro atoms. The number of nitrogens with zero attached hydrogens (tertiary/aromatic N) is 1. The third-order valence-electron chi connectivity index (χ3n) is 4.81. The SMILES string of the molecule is O=C(O)c1ccc(CN2CCCCCC2/C=C/c2ccccc2)cc1. The van der Waals surface area contributed by atoms with E-state index < -0.39 is 5.97 Å². The van der Waals surface area contributed by atoms with Gasteiger partial charge < -0.3 is 5.11 Å². The van der Waals surface area contributed by atoms with E-state index in [2.05, 4.69) is 41.3 Å². The van der Waals surface area contributed by atoms with Gasteiger partial charge in [0.05, 0.1) is 5.56 Å². The van der Waals surface area contributed by atoms with Gasteiger partial charge >= 0.3 is 5.97 Å². The molecule has 2 aromatic rings. The number of aromatic carboxylic acids is 1. The monoisotopic (exact) mass is 335 g/mol. The van der Waals surface area contributed by atoms with Crippen LogP contribution >= 0.6 is 0 Å². The minimum Gasteiger partial charge on any atom is -0.478 e. The number of carboxylic acids is 1. The van der Waals surface area contributed by atoms with E-state index >= 15 is 0 Å². The molecule has 1 aliphatic rings. The molecule has 0 amide bonds. The Morgan fingerprint density at radius 3 is 2.52 bits per heavy atom. The van der Waals surface area contributed by atoms with E-state index in [4.69, 9.17) is 5.11 Å². The van der Waals surface area contributed by atoms with Crippen LogP contribution in [0.2, 0.25) is 0 Å². The summed E-state index contributed by atoms with van der Waals surface area (Å²) in [5.41, 5.74) is 2.75. The molecule has 0 radical (unpaired) electrons. The normalized spacial score (nSPS) is 19.0. The smallest absolute Gasteiger partial charge is 0.335 e. The zero-order chi connectivity index (χ0) is 17.5. The van der Waals surface area contributed by atoms with Crippen LogP contribution < -0.4 is 0 Å². The Kier molecular flexibility index (Phi) is 6.02. The van der Waals surface area contributed by atoms with E-state index in [-0.39, 0.29) is 0 Å². The first-order valence-corrected chi connectivity index (χ1v) is 9.02. The van der Waals surface area contributed by atoms with E-state index in [1.807, 2.05) is 18.2 Å². The van der Waals surface area contributed by atoms with Crippen molar-refractivity contribution in [1.29, 1.82) is 0 Å². The molecule has 3 rings (SSSR count). The molecule has 25 heavy (non-hydrogen) atoms. The van der Waals surface area contributed by atoms with E-state index in [1.54, 1.807) is 12.1 Å². The highest BCUT2D eigenvalue weighted by molar-refractivity contribution is 5.87. The standard InChI is InChI=1S/C22H25NO2/c24-22(25)20-13-10-19(11-14-20)17-23-16-6-2-5-9-21(23)15-12-18-7-3-1-4-8-18/h1,3-4,7-8,10-15,21H,2,5-6,9,16-17H2,(H,24,25)/b15-12+. The summed E-state index contributed by atoms with van der Waals surface area (Å²) in [4.78, 5) is 13.5. The average Bonchev–Trinajstić information content (AvgIpc) is 2.86. The number of carboxylic acid groups (broad SMARTS) is 1. The molecule has 130 valence electrons. The lowest BCUT2D eigenvalue weighted by Gasteiger charge is -2.28. The molecule has 0 bridgehead atoms. The van der Waals surface area contributed by atoms with Crippen molar-refractivity contribution in [3.63, 3.8) is 0 Å². The first-order valence-electron chi connectivity index (χ1n) is 9.02. The highest BCUT2D eigenvalue weighted by atomic mass is 16.4. The molecule has 2 aromatic carbocycles. The van der Waals surface area contributed by atoms with Crippen LogP contribution in [0, 0.1) is 0 Å². The van der Waals surface area contributed by atoms with Gasteiger partial charge in [0.1, 0.15) is 0 Å². The number of carbonyl (C=O) groups is 1. The van der Waals surface area contributed by atoms with Crippen LogP contribution in [-0.4, -0.2) is 28.6 Å². The topological polar surface area (TPSA) is 40.5 Å². The fraction of sp³-hybridized carbons (Fsp3) is 0.318. The quantitative estimate of drug-likeness (QED) is 0.850. The summed E-state index contributed by atoms with van der Waals surface area (Å²) < 4.78 is 0. The molecule has 1 fully saturated rings. The Bertz CT molecular complexity index is 707. The van der Waals surface area contributed by atoms with Crippen molar-refractivity contribution in [3.8, 4) is 0 Å². The van der Waals surface area contributed by atoms with Crippen molar-refractivity contribution in [1.82, 2.24) is 4.90 Å². The Morgan fingerprint density at radius 1 is 1.04 bits per heavy atom. The molecule has 0 aliphatic carbocycles. The van der Waals surface area contributed by atoms with Gasteiger partial charge in [-0.3, -0.25) is 4.90 Å². The summed E-state index contributed by atoms with van der Waals surface area (Å²) in [5.74, 6) is -0.870. The Morgan fingerprint density at radius 2 is 1.80 bits per heavy atom. The fourth-order valence-corrected chi connectivity index (χ4v) is 3.38. The lowest BCUT2D eigenvalue weighted by atomic mass is 10.1. The van der Waals surface area contributed by atoms with Gasteiger partial charge in [0.25, 0.3) is 0 Å². The number of likely N-dealkylation sites (tertiary alicyclic amines) is 1. The molecule has 1 atom stereocenters. The van der Waals surface area contributed by atoms with E-state index in [0.29, 0.717) is 11.6 Å². The Labute approximate surface area is 149 Å². The number of hydrogen-bond donors (Lipinski definition) is 1. The van der Waals surface area contributed by atoms with Crippen LogP contribution in [0.3, 0.4) is 0 Å². The Hall–Kier alpha value is -2.39. The summed E-state index contributed by atoms with van der Waals surface area (Å²) in [6, 6.07) is 18.1. The van der Waals surface area contributed by atoms with Crippen LogP contribution in [-0.2, 0) is 6.54 Å². The molecule has 3 nitrogen and oxygen atoms in total. The second-order valence-electron chi connectivity index (χ2n) is 6.66. The van der Waals surface area contributed by atoms with Gasteiger partial charge in [-0.1, -0.05) is 67.5 Å². The van der Waals surface area contributed by atoms with Crippen LogP contribution in [0.1, 0.15) is 47.2 Å². The average molecular weight is 335 g/mol. The van der Waals surface area contributed by atoms with Crippen molar-refractivity contribution < 1.29 is 9.90 Å². The van der Waals surface area contributed by atoms with Gasteiger partial charge in [0.2, 0.25) is 0 Å². The molecule has 1 aliphatic heterocycles. The highest BCUT2D eigenvalue weighted by Gasteiger charge is 2.19. The maximum absolute atomic E-state index is 11.0. The summed E-state index contributed by atoms with van der Waals surface area (Å²) in [6.07, 6.45) is 9.49. The highest BCUT2D eigenvalue weighted by Crippen LogP contribution is 2.21. The van der Waals surface area contributed by atoms with Crippen LogP contribution in [0.4, 0.5) is 0 Å². The summed E-state index contributed by atoms with van der Waals surface area (Å²) in [5, 5.41) is 9.04. The molecule has 1 heterocycles. The second-order valence-corrected chi connectivity index (χ2v) is 6.66. The zero-order valence-electron chi connectivity index (χ0n) is 14.5. The van der Waals surface area contributed by atoms with Crippen LogP contribution in [0.25, 0.3) is 6.08 Å². The van der Waals surface area contributed by atoms with Gasteiger partial charge in [0.15, 0.2) is 0 Å². The zero-order valence-corrected chi connectivity index (χ0v) is 14.5. The predicted molar refractivity (Wildman–Crippen MR) is 102 cm³/mol. The molecular formula is C22H25NO2. The molecule has 0 aromatic heterocycles. The minimum absolute atomic E-state index is 0.347. The number of rotatable bonds is 5. The first-order chi connectivity index (χ1) is 12.2. The lowest BCUT2D eigenvalue weighted by molar-refractivity contribution is 0.0697. The second kappa shape index (κ2) is 8.63. The van der Waals surface area contributed by atoms with Gasteiger partial charge in [0, 0.05) is 12.6 Å². The minimum atomic E-state index is -0.870. The van der Waals surface area contributed by atoms with Crippen LogP contribution in [0.5, 0.6) is 0 Å². The maximum atomic E-state index is 11.0. The fourth-order valence-electron chi connectivity index (χ4n) is 3.38. The molecule has 3 heteroatoms. The third kappa shape index (κ3) is 5.04. The van der Waals surface area contributed by atoms with Gasteiger partial charge in [-0.25, -0.2) is 4.79 Å². The van der Waals surface area contributed by atoms with E-state index in [1.165, 1.54) is 36.8 Å². The molecule has 1 N–H and O–H groups in total. The predicted octanol–water partition coefficient (Wildman–Crippen LogP) is 4.84. The number of benzene rings is 2. The summed E-state index contributed by atoms with van der Waals surface area (Å²) >= 11 is 0. The number of hydrogen-bond acceptors (Lipinski definition) is 2. The molecule has 1 saturated heterocycles. The van der Waals surface area contributed by atoms with Crippen LogP contribution in [0.15, 0.2) is 60.7 Å². The first kappa shape index (κ1) is 17.4. The molecule has 0 saturated carbocycles. The van der Waals surface area contributed by atoms with Crippen molar-refractivity contribution in [2.75, 3.05) is 6.54 Å². The largest absolute Gasteiger partial charge is 0.478 e. The molecule has 1 unspecified atom stereocenters. The Balaban J connectivity index is 1.71. The summed E-state index contributed by atoms with van der Waals surface area (Å²) in [7, 11) is 0. The van der Waals surface area contributed by atoms with E-state index in [0.717, 1.165) is 13.1 Å². The molecular weight excluding hydrogens is 310 g/mol. The van der Waals surface area contributed by atoms with Gasteiger partial charge in [-0.15, -0.1) is 0 Å². The maximum Gasteiger partial charge on any atom is 0.335 e. The summed E-state index contributed by atoms with van der Waals surface area (Å²) in [6.45, 7) is 1.95. The van der Waals surface area contributed by atoms with Gasteiger partial charge in [-0.2, -0.15) is 0 Å². The van der Waals surface area contributed by atoms with Crippen molar-refractivity contribution in [2.45, 2.75) is 38.3 Å². The lowest BCUT2D eigenvalue weighted by Crippen LogP contribution is -2.32. The van der Waals surface area contributed by atoms with E-state index in [9.17, 15) is 4.79 Å². The van der Waals surface area contributed by atoms with Crippen molar-refractivity contribution >= 4 is 12.0 Å². The van der Waals surface area contributed by atoms with Crippen molar-refractivity contribution in [2.24, 2.45) is 0 Å². The third-order valence-corrected chi connectivity index (χ3v) is 4.81. The van der Waals surface area contributed by atoms with Gasteiger partial charge in [-0.05, 0) is 42.6 Å².